The second-order valence-electron chi connectivity index (χ2n) is 7.23. The van der Waals surface area contributed by atoms with Crippen molar-refractivity contribution in [3.05, 3.63) is 64.7 Å². The lowest BCUT2D eigenvalue weighted by molar-refractivity contribution is 0.112. The van der Waals surface area contributed by atoms with E-state index in [1.807, 2.05) is 35.9 Å². The molecule has 1 aromatic heterocycles. The van der Waals surface area contributed by atoms with Crippen LogP contribution in [0.25, 0.3) is 11.1 Å². The van der Waals surface area contributed by atoms with Gasteiger partial charge in [-0.15, -0.1) is 10.2 Å². The van der Waals surface area contributed by atoms with Gasteiger partial charge in [0.1, 0.15) is 18.2 Å². The Morgan fingerprint density at radius 1 is 1.24 bits per heavy atom. The number of para-hydroxylation sites is 1. The zero-order valence-corrected chi connectivity index (χ0v) is 16.8. The average molecular weight is 406 g/mol. The minimum atomic E-state index is 0.359. The molecule has 4 rings (SSSR count). The highest BCUT2D eigenvalue weighted by molar-refractivity contribution is 6.33. The molecule has 1 aliphatic heterocycles. The van der Waals surface area contributed by atoms with Crippen LogP contribution in [0.4, 0.5) is 5.69 Å². The van der Waals surface area contributed by atoms with E-state index in [9.17, 15) is 10.1 Å². The number of benzene rings is 2. The molecule has 29 heavy (non-hydrogen) atoms. The number of carbonyl (C=O) groups excluding carboxylic acids is 1. The third-order valence-corrected chi connectivity index (χ3v) is 5.84. The predicted molar refractivity (Wildman–Crippen MR) is 112 cm³/mol. The van der Waals surface area contributed by atoms with Crippen molar-refractivity contribution in [3.8, 4) is 17.2 Å². The number of nitriles is 1. The molecule has 0 unspecified atom stereocenters. The van der Waals surface area contributed by atoms with Crippen LogP contribution in [0.1, 0.15) is 40.5 Å². The first-order valence-corrected chi connectivity index (χ1v) is 9.87. The van der Waals surface area contributed by atoms with Crippen molar-refractivity contribution in [1.82, 2.24) is 14.8 Å². The quantitative estimate of drug-likeness (QED) is 0.608. The van der Waals surface area contributed by atoms with Gasteiger partial charge in [-0.2, -0.15) is 5.26 Å². The summed E-state index contributed by atoms with van der Waals surface area (Å²) in [5, 5.41) is 18.4. The van der Waals surface area contributed by atoms with Gasteiger partial charge in [-0.1, -0.05) is 29.8 Å². The van der Waals surface area contributed by atoms with Gasteiger partial charge < -0.3 is 9.47 Å². The molecular formula is C22H20ClN5O. The van der Waals surface area contributed by atoms with Gasteiger partial charge in [0.05, 0.1) is 16.3 Å². The molecule has 0 saturated carbocycles. The normalized spacial score (nSPS) is 14.6. The summed E-state index contributed by atoms with van der Waals surface area (Å²) in [5.41, 5.74) is 3.85. The summed E-state index contributed by atoms with van der Waals surface area (Å²) in [5.74, 6) is 1.37. The topological polar surface area (TPSA) is 74.8 Å². The molecule has 1 saturated heterocycles. The molecule has 7 heteroatoms. The van der Waals surface area contributed by atoms with E-state index in [1.165, 1.54) is 0 Å². The molecule has 0 bridgehead atoms. The molecule has 0 spiro atoms. The average Bonchev–Trinajstić information content (AvgIpc) is 3.19. The lowest BCUT2D eigenvalue weighted by atomic mass is 9.93. The second kappa shape index (κ2) is 8.06. The highest BCUT2D eigenvalue weighted by atomic mass is 35.5. The number of aldehydes is 1. The van der Waals surface area contributed by atoms with E-state index in [1.54, 1.807) is 18.5 Å². The molecule has 3 aromatic rings. The first-order chi connectivity index (χ1) is 14.1. The zero-order valence-electron chi connectivity index (χ0n) is 16.0. The molecule has 0 atom stereocenters. The Morgan fingerprint density at radius 2 is 2.03 bits per heavy atom. The minimum Gasteiger partial charge on any atom is -0.370 e. The molecule has 146 valence electrons. The summed E-state index contributed by atoms with van der Waals surface area (Å²) in [4.78, 5) is 13.4. The summed E-state index contributed by atoms with van der Waals surface area (Å²) in [7, 11) is 1.97. The molecule has 2 aromatic carbocycles. The monoisotopic (exact) mass is 405 g/mol. The van der Waals surface area contributed by atoms with Crippen LogP contribution in [0.3, 0.4) is 0 Å². The fourth-order valence-electron chi connectivity index (χ4n) is 4.02. The number of carbonyl (C=O) groups is 1. The van der Waals surface area contributed by atoms with E-state index in [0.717, 1.165) is 54.9 Å². The molecule has 0 N–H and O–H groups in total. The second-order valence-corrected chi connectivity index (χ2v) is 7.64. The van der Waals surface area contributed by atoms with Crippen LogP contribution < -0.4 is 4.90 Å². The number of rotatable bonds is 4. The fraction of sp³-hybridized carbons (Fsp3) is 0.273. The van der Waals surface area contributed by atoms with E-state index in [2.05, 4.69) is 21.2 Å². The van der Waals surface area contributed by atoms with Crippen LogP contribution in [0, 0.1) is 11.3 Å². The Morgan fingerprint density at radius 3 is 2.66 bits per heavy atom. The van der Waals surface area contributed by atoms with Crippen LogP contribution in [0.15, 0.2) is 42.7 Å². The van der Waals surface area contributed by atoms with Gasteiger partial charge in [0.2, 0.25) is 0 Å². The maximum atomic E-state index is 11.1. The SMILES string of the molecule is Cn1cnnc1C1CCN(c2c(C#N)cccc2-c2ccc(C=O)c(Cl)c2)CC1. The van der Waals surface area contributed by atoms with Crippen molar-refractivity contribution in [2.45, 2.75) is 18.8 Å². The van der Waals surface area contributed by atoms with Crippen LogP contribution in [0.5, 0.6) is 0 Å². The van der Waals surface area contributed by atoms with E-state index in [0.29, 0.717) is 22.1 Å². The van der Waals surface area contributed by atoms with Crippen molar-refractivity contribution in [2.24, 2.45) is 7.05 Å². The highest BCUT2D eigenvalue weighted by Gasteiger charge is 2.26. The van der Waals surface area contributed by atoms with E-state index in [4.69, 9.17) is 11.6 Å². The largest absolute Gasteiger partial charge is 0.370 e. The van der Waals surface area contributed by atoms with Gasteiger partial charge in [0.15, 0.2) is 6.29 Å². The molecule has 0 amide bonds. The number of anilines is 1. The summed E-state index contributed by atoms with van der Waals surface area (Å²) in [6.07, 6.45) is 4.36. The smallest absolute Gasteiger partial charge is 0.151 e. The van der Waals surface area contributed by atoms with E-state index < -0.39 is 0 Å². The van der Waals surface area contributed by atoms with Gasteiger partial charge in [0, 0.05) is 37.2 Å². The molecular weight excluding hydrogens is 386 g/mol. The fourth-order valence-corrected chi connectivity index (χ4v) is 4.25. The number of piperidine rings is 1. The Balaban J connectivity index is 1.67. The van der Waals surface area contributed by atoms with Crippen molar-refractivity contribution >= 4 is 23.6 Å². The number of hydrogen-bond donors (Lipinski definition) is 0. The Labute approximate surface area is 174 Å². The van der Waals surface area contributed by atoms with Crippen LogP contribution in [-0.2, 0) is 7.05 Å². The first-order valence-electron chi connectivity index (χ1n) is 9.49. The lowest BCUT2D eigenvalue weighted by Gasteiger charge is -2.35. The number of nitrogens with zero attached hydrogens (tertiary/aromatic N) is 5. The van der Waals surface area contributed by atoms with Crippen molar-refractivity contribution in [2.75, 3.05) is 18.0 Å². The van der Waals surface area contributed by atoms with Gasteiger partial charge >= 0.3 is 0 Å². The standard InChI is InChI=1S/C22H20ClN5O/c1-27-14-25-26-22(27)15-7-9-28(10-8-15)21-17(12-24)3-2-4-19(21)16-5-6-18(13-29)20(23)11-16/h2-6,11,13-15H,7-10H2,1H3. The third kappa shape index (κ3) is 3.62. The molecule has 0 radical (unpaired) electrons. The van der Waals surface area contributed by atoms with Crippen molar-refractivity contribution in [3.63, 3.8) is 0 Å². The summed E-state index contributed by atoms with van der Waals surface area (Å²) < 4.78 is 1.98. The van der Waals surface area contributed by atoms with Gasteiger partial charge in [-0.05, 0) is 36.6 Å². The van der Waals surface area contributed by atoms with Crippen LogP contribution in [-0.4, -0.2) is 34.1 Å². The van der Waals surface area contributed by atoms with E-state index >= 15 is 0 Å². The number of aryl methyl sites for hydroxylation is 1. The van der Waals surface area contributed by atoms with E-state index in [-0.39, 0.29) is 0 Å². The summed E-state index contributed by atoms with van der Waals surface area (Å²) >= 11 is 6.26. The number of hydrogen-bond acceptors (Lipinski definition) is 5. The third-order valence-electron chi connectivity index (χ3n) is 5.52. The van der Waals surface area contributed by atoms with Gasteiger partial charge in [-0.25, -0.2) is 0 Å². The van der Waals surface area contributed by atoms with Crippen LogP contribution >= 0.6 is 11.6 Å². The molecule has 2 heterocycles. The number of halogens is 1. The Kier molecular flexibility index (Phi) is 5.32. The molecule has 1 fully saturated rings. The maximum absolute atomic E-state index is 11.1. The summed E-state index contributed by atoms with van der Waals surface area (Å²) in [6, 6.07) is 13.4. The predicted octanol–water partition coefficient (Wildman–Crippen LogP) is 4.20. The maximum Gasteiger partial charge on any atom is 0.151 e. The molecule has 1 aliphatic rings. The zero-order chi connectivity index (χ0) is 20.4. The van der Waals surface area contributed by atoms with Gasteiger partial charge in [0.25, 0.3) is 0 Å². The molecule has 6 nitrogen and oxygen atoms in total. The Hall–Kier alpha value is -3.17. The number of aromatic nitrogens is 3. The van der Waals surface area contributed by atoms with Crippen LogP contribution in [0.2, 0.25) is 5.02 Å². The minimum absolute atomic E-state index is 0.359. The molecule has 0 aliphatic carbocycles. The summed E-state index contributed by atoms with van der Waals surface area (Å²) in [6.45, 7) is 1.65. The first kappa shape index (κ1) is 19.2. The highest BCUT2D eigenvalue weighted by Crippen LogP contribution is 2.38. The Bertz CT molecular complexity index is 1090. The lowest BCUT2D eigenvalue weighted by Crippen LogP contribution is -2.34. The van der Waals surface area contributed by atoms with Crippen molar-refractivity contribution in [1.29, 1.82) is 5.26 Å². The van der Waals surface area contributed by atoms with Crippen molar-refractivity contribution < 1.29 is 4.79 Å². The van der Waals surface area contributed by atoms with Gasteiger partial charge in [-0.3, -0.25) is 4.79 Å².